The van der Waals surface area contributed by atoms with E-state index in [1.807, 2.05) is 38.1 Å². The number of ether oxygens (including phenoxy) is 1. The molecule has 0 spiro atoms. The van der Waals surface area contributed by atoms with Crippen molar-refractivity contribution in [3.8, 4) is 0 Å². The van der Waals surface area contributed by atoms with Crippen LogP contribution in [0.5, 0.6) is 0 Å². The lowest BCUT2D eigenvalue weighted by molar-refractivity contribution is -0.140. The van der Waals surface area contributed by atoms with E-state index >= 15 is 0 Å². The molecule has 1 rings (SSSR count). The second-order valence-electron chi connectivity index (χ2n) is 5.07. The van der Waals surface area contributed by atoms with Crippen LogP contribution in [0.3, 0.4) is 0 Å². The summed E-state index contributed by atoms with van der Waals surface area (Å²) < 4.78 is 4.59. The lowest BCUT2D eigenvalue weighted by Crippen LogP contribution is -2.03. The Hall–Kier alpha value is -1.29. The minimum absolute atomic E-state index is 0.166. The summed E-state index contributed by atoms with van der Waals surface area (Å²) in [5.41, 5.74) is 0.776. The topological polar surface area (TPSA) is 43.4 Å². The Morgan fingerprint density at radius 1 is 1.20 bits per heavy atom. The monoisotopic (exact) mass is 294 g/mol. The molecule has 0 bridgehead atoms. The third-order valence-electron chi connectivity index (χ3n) is 2.79. The van der Waals surface area contributed by atoms with Gasteiger partial charge in [0.1, 0.15) is 0 Å². The van der Waals surface area contributed by atoms with E-state index in [2.05, 4.69) is 4.74 Å². The van der Waals surface area contributed by atoms with Crippen LogP contribution in [0.2, 0.25) is 0 Å². The molecular weight excluding hydrogens is 272 g/mol. The first-order chi connectivity index (χ1) is 9.52. The number of hydrogen-bond donors (Lipinski definition) is 0. The van der Waals surface area contributed by atoms with Gasteiger partial charge in [-0.25, -0.2) is 0 Å². The molecule has 20 heavy (non-hydrogen) atoms. The highest BCUT2D eigenvalue weighted by Gasteiger charge is 2.08. The molecule has 0 unspecified atom stereocenters. The number of rotatable bonds is 8. The summed E-state index contributed by atoms with van der Waals surface area (Å²) in [6.07, 6.45) is 1.84. The first-order valence-corrected chi connectivity index (χ1v) is 7.84. The number of Topliss-reactive ketones (excluding diaryl/α,β-unsaturated/α-hetero) is 1. The third kappa shape index (κ3) is 6.24. The Labute approximate surface area is 125 Å². The number of ketones is 1. The fraction of sp³-hybridized carbons (Fsp3) is 0.500. The van der Waals surface area contributed by atoms with Gasteiger partial charge in [0, 0.05) is 23.3 Å². The van der Waals surface area contributed by atoms with Gasteiger partial charge < -0.3 is 4.74 Å². The van der Waals surface area contributed by atoms with Gasteiger partial charge >= 0.3 is 5.97 Å². The number of benzene rings is 1. The van der Waals surface area contributed by atoms with Crippen LogP contribution in [0.4, 0.5) is 0 Å². The molecule has 0 N–H and O–H groups in total. The first kappa shape index (κ1) is 16.8. The Morgan fingerprint density at radius 3 is 2.40 bits per heavy atom. The van der Waals surface area contributed by atoms with Gasteiger partial charge in [-0.05, 0) is 30.2 Å². The molecule has 4 heteroatoms. The Balaban J connectivity index is 2.39. The molecule has 0 aliphatic heterocycles. The van der Waals surface area contributed by atoms with Gasteiger partial charge in [0.15, 0.2) is 5.78 Å². The average Bonchev–Trinajstić information content (AvgIpc) is 2.43. The van der Waals surface area contributed by atoms with Crippen LogP contribution in [-0.2, 0) is 9.53 Å². The SMILES string of the molecule is COC(=O)CCCSc1ccc(C(=O)CC(C)C)cc1. The summed E-state index contributed by atoms with van der Waals surface area (Å²) >= 11 is 1.69. The van der Waals surface area contributed by atoms with Crippen molar-refractivity contribution in [3.63, 3.8) is 0 Å². The van der Waals surface area contributed by atoms with Gasteiger partial charge in [0.2, 0.25) is 0 Å². The molecule has 1 aromatic carbocycles. The van der Waals surface area contributed by atoms with E-state index in [-0.39, 0.29) is 11.8 Å². The highest BCUT2D eigenvalue weighted by Crippen LogP contribution is 2.21. The zero-order chi connectivity index (χ0) is 15.0. The number of hydrogen-bond acceptors (Lipinski definition) is 4. The van der Waals surface area contributed by atoms with E-state index in [0.717, 1.165) is 22.6 Å². The molecule has 0 heterocycles. The Bertz CT molecular complexity index is 438. The molecule has 0 fully saturated rings. The summed E-state index contributed by atoms with van der Waals surface area (Å²) in [7, 11) is 1.41. The molecular formula is C16H22O3S. The van der Waals surface area contributed by atoms with E-state index in [9.17, 15) is 9.59 Å². The Morgan fingerprint density at radius 2 is 1.85 bits per heavy atom. The zero-order valence-electron chi connectivity index (χ0n) is 12.3. The molecule has 3 nitrogen and oxygen atoms in total. The molecule has 0 aliphatic carbocycles. The molecule has 110 valence electrons. The zero-order valence-corrected chi connectivity index (χ0v) is 13.2. The highest BCUT2D eigenvalue weighted by molar-refractivity contribution is 7.99. The third-order valence-corrected chi connectivity index (χ3v) is 3.89. The Kier molecular flexibility index (Phi) is 7.37. The lowest BCUT2D eigenvalue weighted by Gasteiger charge is -2.05. The minimum atomic E-state index is -0.166. The molecule has 0 atom stereocenters. The fourth-order valence-corrected chi connectivity index (χ4v) is 2.59. The van der Waals surface area contributed by atoms with Gasteiger partial charge in [0.05, 0.1) is 7.11 Å². The van der Waals surface area contributed by atoms with Crippen molar-refractivity contribution in [2.45, 2.75) is 38.0 Å². The standard InChI is InChI=1S/C16H22O3S/c1-12(2)11-15(17)13-6-8-14(9-7-13)20-10-4-5-16(18)19-3/h6-9,12H,4-5,10-11H2,1-3H3. The molecule has 0 saturated heterocycles. The molecule has 0 amide bonds. The van der Waals surface area contributed by atoms with Crippen LogP contribution in [0, 0.1) is 5.92 Å². The van der Waals surface area contributed by atoms with Crippen molar-refractivity contribution >= 4 is 23.5 Å². The maximum Gasteiger partial charge on any atom is 0.305 e. The van der Waals surface area contributed by atoms with Gasteiger partial charge in [-0.1, -0.05) is 26.0 Å². The second-order valence-corrected chi connectivity index (χ2v) is 6.24. The summed E-state index contributed by atoms with van der Waals surface area (Å²) in [6.45, 7) is 4.09. The van der Waals surface area contributed by atoms with Crippen LogP contribution in [0.25, 0.3) is 0 Å². The van der Waals surface area contributed by atoms with Gasteiger partial charge in [-0.3, -0.25) is 9.59 Å². The van der Waals surface area contributed by atoms with Crippen LogP contribution in [0.1, 0.15) is 43.5 Å². The highest BCUT2D eigenvalue weighted by atomic mass is 32.2. The summed E-state index contributed by atoms with van der Waals surface area (Å²) in [4.78, 5) is 24.0. The first-order valence-electron chi connectivity index (χ1n) is 6.85. The van der Waals surface area contributed by atoms with Crippen molar-refractivity contribution in [2.75, 3.05) is 12.9 Å². The number of methoxy groups -OCH3 is 1. The smallest absolute Gasteiger partial charge is 0.305 e. The number of thioether (sulfide) groups is 1. The fourth-order valence-electron chi connectivity index (χ4n) is 1.73. The summed E-state index contributed by atoms with van der Waals surface area (Å²) in [5, 5.41) is 0. The molecule has 0 saturated carbocycles. The van der Waals surface area contributed by atoms with E-state index in [4.69, 9.17) is 0 Å². The maximum atomic E-state index is 11.9. The summed E-state index contributed by atoms with van der Waals surface area (Å²) in [5.74, 6) is 1.28. The van der Waals surface area contributed by atoms with Crippen LogP contribution >= 0.6 is 11.8 Å². The van der Waals surface area contributed by atoms with E-state index < -0.39 is 0 Å². The van der Waals surface area contributed by atoms with E-state index in [1.165, 1.54) is 7.11 Å². The normalized spacial score (nSPS) is 10.6. The number of esters is 1. The van der Waals surface area contributed by atoms with Crippen molar-refractivity contribution in [2.24, 2.45) is 5.92 Å². The van der Waals surface area contributed by atoms with Crippen molar-refractivity contribution in [1.82, 2.24) is 0 Å². The number of carbonyl (C=O) groups is 2. The predicted molar refractivity (Wildman–Crippen MR) is 82.2 cm³/mol. The molecule has 0 aliphatic rings. The van der Waals surface area contributed by atoms with Crippen molar-refractivity contribution in [3.05, 3.63) is 29.8 Å². The quantitative estimate of drug-likeness (QED) is 0.315. The predicted octanol–water partition coefficient (Wildman–Crippen LogP) is 3.96. The van der Waals surface area contributed by atoms with Crippen LogP contribution < -0.4 is 0 Å². The molecule has 0 aromatic heterocycles. The van der Waals surface area contributed by atoms with Gasteiger partial charge in [-0.2, -0.15) is 0 Å². The van der Waals surface area contributed by atoms with E-state index in [0.29, 0.717) is 18.8 Å². The lowest BCUT2D eigenvalue weighted by atomic mass is 10.0. The van der Waals surface area contributed by atoms with E-state index in [1.54, 1.807) is 11.8 Å². The summed E-state index contributed by atoms with van der Waals surface area (Å²) in [6, 6.07) is 7.70. The maximum absolute atomic E-state index is 11.9. The largest absolute Gasteiger partial charge is 0.469 e. The molecule has 0 radical (unpaired) electrons. The van der Waals surface area contributed by atoms with Gasteiger partial charge in [0.25, 0.3) is 0 Å². The van der Waals surface area contributed by atoms with Crippen molar-refractivity contribution < 1.29 is 14.3 Å². The second kappa shape index (κ2) is 8.80. The van der Waals surface area contributed by atoms with Crippen molar-refractivity contribution in [1.29, 1.82) is 0 Å². The average molecular weight is 294 g/mol. The van der Waals surface area contributed by atoms with Crippen LogP contribution in [-0.4, -0.2) is 24.6 Å². The minimum Gasteiger partial charge on any atom is -0.469 e. The molecule has 1 aromatic rings. The number of carbonyl (C=O) groups excluding carboxylic acids is 2. The van der Waals surface area contributed by atoms with Gasteiger partial charge in [-0.15, -0.1) is 11.8 Å². The van der Waals surface area contributed by atoms with Crippen LogP contribution in [0.15, 0.2) is 29.2 Å².